The van der Waals surface area contributed by atoms with Crippen LogP contribution in [0, 0.1) is 0 Å². The van der Waals surface area contributed by atoms with E-state index in [1.807, 2.05) is 60.4 Å². The molecule has 168 valence electrons. The molecule has 0 bridgehead atoms. The second kappa shape index (κ2) is 12.6. The van der Waals surface area contributed by atoms with Gasteiger partial charge in [-0.2, -0.15) is 0 Å². The van der Waals surface area contributed by atoms with Crippen LogP contribution in [0.5, 0.6) is 0 Å². The Morgan fingerprint density at radius 2 is 1.50 bits per heavy atom. The summed E-state index contributed by atoms with van der Waals surface area (Å²) in [7, 11) is 0. The van der Waals surface area contributed by atoms with E-state index >= 15 is 0 Å². The minimum atomic E-state index is -0.475. The molecule has 1 aliphatic heterocycles. The quantitative estimate of drug-likeness (QED) is 0.614. The molecule has 1 aliphatic rings. The van der Waals surface area contributed by atoms with Crippen molar-refractivity contribution in [1.29, 1.82) is 0 Å². The van der Waals surface area contributed by atoms with E-state index in [0.29, 0.717) is 19.5 Å². The summed E-state index contributed by atoms with van der Waals surface area (Å²) in [6, 6.07) is 19.5. The van der Waals surface area contributed by atoms with Gasteiger partial charge in [-0.15, -0.1) is 0 Å². The Kier molecular flexibility index (Phi) is 9.26. The average molecular weight is 432 g/mol. The van der Waals surface area contributed by atoms with Crippen molar-refractivity contribution in [2.75, 3.05) is 32.7 Å². The first kappa shape index (κ1) is 23.5. The zero-order valence-corrected chi connectivity index (χ0v) is 18.8. The summed E-state index contributed by atoms with van der Waals surface area (Å²) in [4.78, 5) is 29.7. The predicted molar refractivity (Wildman–Crippen MR) is 131 cm³/mol. The number of nitrogens with zero attached hydrogens (tertiary/aromatic N) is 2. The Labute approximate surface area is 191 Å². The van der Waals surface area contributed by atoms with Crippen LogP contribution in [0.2, 0.25) is 0 Å². The van der Waals surface area contributed by atoms with Crippen molar-refractivity contribution in [2.24, 2.45) is 0 Å². The lowest BCUT2D eigenvalue weighted by atomic mass is 10.1. The number of carbonyl (C=O) groups excluding carboxylic acids is 2. The highest BCUT2D eigenvalue weighted by molar-refractivity contribution is 5.95. The third kappa shape index (κ3) is 7.50. The highest BCUT2D eigenvalue weighted by Crippen LogP contribution is 2.09. The van der Waals surface area contributed by atoms with Crippen LogP contribution in [-0.4, -0.2) is 60.4 Å². The summed E-state index contributed by atoms with van der Waals surface area (Å²) < 4.78 is 0. The molecule has 0 aliphatic carbocycles. The molecule has 2 aromatic rings. The van der Waals surface area contributed by atoms with Gasteiger partial charge in [0.25, 0.3) is 0 Å². The number of hydrogen-bond acceptors (Lipinski definition) is 3. The van der Waals surface area contributed by atoms with Crippen LogP contribution in [0.25, 0.3) is 12.2 Å². The molecular formula is C27H33N3O2. The number of rotatable bonds is 9. The monoisotopic (exact) mass is 431 g/mol. The lowest BCUT2D eigenvalue weighted by Gasteiger charge is -2.36. The molecule has 0 saturated carbocycles. The number of piperazine rings is 1. The third-order valence-corrected chi connectivity index (χ3v) is 5.58. The summed E-state index contributed by atoms with van der Waals surface area (Å²) in [5, 5.41) is 2.91. The SMILES string of the molecule is CCCC(NC(=O)/C=C/c1ccccc1)C(=O)N1CCN(C/C=C/c2ccccc2)CC1. The summed E-state index contributed by atoms with van der Waals surface area (Å²) >= 11 is 0. The highest BCUT2D eigenvalue weighted by atomic mass is 16.2. The Morgan fingerprint density at radius 3 is 2.09 bits per heavy atom. The Bertz CT molecular complexity index is 901. The van der Waals surface area contributed by atoms with E-state index in [2.05, 4.69) is 34.5 Å². The molecule has 1 heterocycles. The van der Waals surface area contributed by atoms with Crippen molar-refractivity contribution >= 4 is 24.0 Å². The Morgan fingerprint density at radius 1 is 0.906 bits per heavy atom. The second-order valence-corrected chi connectivity index (χ2v) is 8.03. The smallest absolute Gasteiger partial charge is 0.245 e. The molecule has 0 radical (unpaired) electrons. The maximum atomic E-state index is 13.1. The largest absolute Gasteiger partial charge is 0.341 e. The first-order valence-corrected chi connectivity index (χ1v) is 11.4. The summed E-state index contributed by atoms with van der Waals surface area (Å²) in [6.07, 6.45) is 9.05. The number of hydrogen-bond donors (Lipinski definition) is 1. The normalized spacial score (nSPS) is 15.8. The minimum Gasteiger partial charge on any atom is -0.341 e. The molecule has 3 rings (SSSR count). The van der Waals surface area contributed by atoms with E-state index in [9.17, 15) is 9.59 Å². The summed E-state index contributed by atoms with van der Waals surface area (Å²) in [6.45, 7) is 5.96. The number of benzene rings is 2. The van der Waals surface area contributed by atoms with Crippen molar-refractivity contribution in [3.8, 4) is 0 Å². The van der Waals surface area contributed by atoms with E-state index < -0.39 is 6.04 Å². The lowest BCUT2D eigenvalue weighted by Crippen LogP contribution is -2.54. The van der Waals surface area contributed by atoms with Crippen molar-refractivity contribution in [1.82, 2.24) is 15.1 Å². The Hall–Kier alpha value is -3.18. The van der Waals surface area contributed by atoms with E-state index in [4.69, 9.17) is 0 Å². The minimum absolute atomic E-state index is 0.0211. The van der Waals surface area contributed by atoms with Gasteiger partial charge in [0.1, 0.15) is 6.04 Å². The molecule has 1 saturated heterocycles. The first-order valence-electron chi connectivity index (χ1n) is 11.4. The van der Waals surface area contributed by atoms with Crippen LogP contribution in [0.1, 0.15) is 30.9 Å². The molecule has 5 heteroatoms. The van der Waals surface area contributed by atoms with Crippen LogP contribution >= 0.6 is 0 Å². The molecule has 0 aromatic heterocycles. The summed E-state index contributed by atoms with van der Waals surface area (Å²) in [5.74, 6) is -0.210. The van der Waals surface area contributed by atoms with Crippen molar-refractivity contribution in [2.45, 2.75) is 25.8 Å². The van der Waals surface area contributed by atoms with Gasteiger partial charge in [-0.05, 0) is 23.6 Å². The zero-order valence-electron chi connectivity index (χ0n) is 18.8. The van der Waals surface area contributed by atoms with E-state index in [1.165, 1.54) is 11.6 Å². The second-order valence-electron chi connectivity index (χ2n) is 8.03. The average Bonchev–Trinajstić information content (AvgIpc) is 2.84. The molecule has 2 aromatic carbocycles. The number of amides is 2. The van der Waals surface area contributed by atoms with Crippen LogP contribution in [0.4, 0.5) is 0 Å². The van der Waals surface area contributed by atoms with Gasteiger partial charge in [0.15, 0.2) is 0 Å². The fourth-order valence-electron chi connectivity index (χ4n) is 3.78. The lowest BCUT2D eigenvalue weighted by molar-refractivity contribution is -0.137. The summed E-state index contributed by atoms with van der Waals surface area (Å²) in [5.41, 5.74) is 2.15. The third-order valence-electron chi connectivity index (χ3n) is 5.58. The van der Waals surface area contributed by atoms with Gasteiger partial charge in [0, 0.05) is 38.8 Å². The van der Waals surface area contributed by atoms with Crippen LogP contribution in [0.3, 0.4) is 0 Å². The van der Waals surface area contributed by atoms with Gasteiger partial charge in [-0.1, -0.05) is 86.2 Å². The van der Waals surface area contributed by atoms with Crippen LogP contribution in [-0.2, 0) is 9.59 Å². The molecule has 1 atom stereocenters. The van der Waals surface area contributed by atoms with Gasteiger partial charge >= 0.3 is 0 Å². The first-order chi connectivity index (χ1) is 15.7. The molecular weight excluding hydrogens is 398 g/mol. The van der Waals surface area contributed by atoms with Gasteiger partial charge in [-0.25, -0.2) is 0 Å². The highest BCUT2D eigenvalue weighted by Gasteiger charge is 2.27. The van der Waals surface area contributed by atoms with Gasteiger partial charge in [-0.3, -0.25) is 14.5 Å². The van der Waals surface area contributed by atoms with Crippen molar-refractivity contribution in [3.63, 3.8) is 0 Å². The molecule has 1 unspecified atom stereocenters. The fourth-order valence-corrected chi connectivity index (χ4v) is 3.78. The van der Waals surface area contributed by atoms with Gasteiger partial charge < -0.3 is 10.2 Å². The van der Waals surface area contributed by atoms with Crippen molar-refractivity contribution in [3.05, 3.63) is 83.9 Å². The molecule has 2 amide bonds. The van der Waals surface area contributed by atoms with Crippen LogP contribution < -0.4 is 5.32 Å². The number of carbonyl (C=O) groups is 2. The molecule has 1 N–H and O–H groups in total. The molecule has 1 fully saturated rings. The predicted octanol–water partition coefficient (Wildman–Crippen LogP) is 3.84. The van der Waals surface area contributed by atoms with Gasteiger partial charge in [0.2, 0.25) is 11.8 Å². The van der Waals surface area contributed by atoms with Crippen molar-refractivity contribution < 1.29 is 9.59 Å². The molecule has 0 spiro atoms. The maximum absolute atomic E-state index is 13.1. The standard InChI is InChI=1S/C27H33N3O2/c1-2-10-25(28-26(31)17-16-24-13-7-4-8-14-24)27(32)30-21-19-29(20-22-30)18-9-15-23-11-5-3-6-12-23/h3-9,11-17,25H,2,10,18-22H2,1H3,(H,28,31)/b15-9+,17-16+. The maximum Gasteiger partial charge on any atom is 0.245 e. The topological polar surface area (TPSA) is 52.7 Å². The van der Waals surface area contributed by atoms with Crippen LogP contribution in [0.15, 0.2) is 72.8 Å². The number of nitrogens with one attached hydrogen (secondary N) is 1. The molecule has 5 nitrogen and oxygen atoms in total. The fraction of sp³-hybridized carbons (Fsp3) is 0.333. The van der Waals surface area contributed by atoms with E-state index in [1.54, 1.807) is 6.08 Å². The van der Waals surface area contributed by atoms with E-state index in [0.717, 1.165) is 31.6 Å². The zero-order chi connectivity index (χ0) is 22.6. The molecule has 32 heavy (non-hydrogen) atoms. The van der Waals surface area contributed by atoms with E-state index in [-0.39, 0.29) is 11.8 Å². The Balaban J connectivity index is 1.47. The van der Waals surface area contributed by atoms with Gasteiger partial charge in [0.05, 0.1) is 0 Å².